The molecule has 14 heteroatoms. The fourth-order valence-electron chi connectivity index (χ4n) is 7.91. The van der Waals surface area contributed by atoms with E-state index in [0.29, 0.717) is 5.70 Å². The largest absolute Gasteiger partial charge is 0.368 e. The van der Waals surface area contributed by atoms with Gasteiger partial charge in [0.05, 0.1) is 70.0 Å². The number of allylic oxidation sites excluding steroid dienone is 2. The molecular weight excluding hydrogens is 797 g/mol. The van der Waals surface area contributed by atoms with Gasteiger partial charge in [0.15, 0.2) is 0 Å². The van der Waals surface area contributed by atoms with Crippen LogP contribution >= 0.6 is 0 Å². The number of aliphatic imine (C=N–C) groups is 1. The molecule has 322 valence electrons. The summed E-state index contributed by atoms with van der Waals surface area (Å²) in [5.74, 6) is 2.42. The van der Waals surface area contributed by atoms with Crippen LogP contribution in [0.3, 0.4) is 0 Å². The zero-order valence-electron chi connectivity index (χ0n) is 37.0. The average Bonchev–Trinajstić information content (AvgIpc) is 4.19. The number of aryl methyl sites for hydroxylation is 1. The third-order valence-electron chi connectivity index (χ3n) is 11.2. The van der Waals surface area contributed by atoms with Gasteiger partial charge in [0.25, 0.3) is 0 Å². The van der Waals surface area contributed by atoms with Crippen LogP contribution in [-0.4, -0.2) is 99.4 Å². The number of anilines is 1. The SMILES string of the molecule is C#CC=N/C(=C\C)c1cc2c(-c3cc4c(-n5cnc(C)c5)cccc4[nH]3)n[nH]c2cn1.C=C(/C=c1/c(-c2cc3c(N4CCN(C)CC4)cccc3[nH]2)n[nH]/c1=C/C)c1cn[nH]c1.CC. The first-order valence-corrected chi connectivity index (χ1v) is 21.4. The molecule has 64 heavy (non-hydrogen) atoms. The highest BCUT2D eigenvalue weighted by molar-refractivity contribution is 5.99. The number of pyridine rings is 1. The monoisotopic (exact) mass is 848 g/mol. The molecule has 0 atom stereocenters. The van der Waals surface area contributed by atoms with E-state index in [2.05, 4.69) is 133 Å². The number of imidazole rings is 1. The third-order valence-corrected chi connectivity index (χ3v) is 11.2. The maximum absolute atomic E-state index is 5.30. The highest BCUT2D eigenvalue weighted by atomic mass is 15.2. The molecule has 9 aromatic rings. The van der Waals surface area contributed by atoms with Crippen LogP contribution < -0.4 is 15.5 Å². The number of hydrogen-bond acceptors (Lipinski definition) is 8. The molecule has 1 aliphatic rings. The minimum atomic E-state index is 0.710. The molecule has 1 saturated heterocycles. The van der Waals surface area contributed by atoms with Crippen LogP contribution in [0.5, 0.6) is 0 Å². The van der Waals surface area contributed by atoms with Crippen LogP contribution in [0.1, 0.15) is 44.6 Å². The first kappa shape index (κ1) is 42.7. The van der Waals surface area contributed by atoms with Crippen molar-refractivity contribution in [2.24, 2.45) is 4.99 Å². The quantitative estimate of drug-likeness (QED) is 0.0763. The van der Waals surface area contributed by atoms with Gasteiger partial charge in [0, 0.05) is 82.2 Å². The number of rotatable bonds is 8. The van der Waals surface area contributed by atoms with E-state index in [-0.39, 0.29) is 0 Å². The molecule has 0 unspecified atom stereocenters. The lowest BCUT2D eigenvalue weighted by atomic mass is 10.1. The fraction of sp³-hybridized carbons (Fsp3) is 0.200. The second-order valence-electron chi connectivity index (χ2n) is 15.2. The second-order valence-corrected chi connectivity index (χ2v) is 15.2. The van der Waals surface area contributed by atoms with Crippen molar-refractivity contribution in [2.45, 2.75) is 34.6 Å². The molecule has 0 radical (unpaired) electrons. The molecule has 8 heterocycles. The molecule has 1 fully saturated rings. The maximum Gasteiger partial charge on any atom is 0.116 e. The van der Waals surface area contributed by atoms with Gasteiger partial charge in [-0.15, -0.1) is 6.42 Å². The van der Waals surface area contributed by atoms with Crippen molar-refractivity contribution in [3.8, 4) is 40.8 Å². The van der Waals surface area contributed by atoms with Gasteiger partial charge < -0.3 is 24.3 Å². The van der Waals surface area contributed by atoms with Crippen LogP contribution in [0.15, 0.2) is 103 Å². The van der Waals surface area contributed by atoms with E-state index in [0.717, 1.165) is 115 Å². The molecule has 0 amide bonds. The predicted molar refractivity (Wildman–Crippen MR) is 262 cm³/mol. The second kappa shape index (κ2) is 18.9. The Balaban J connectivity index is 0.000000169. The van der Waals surface area contributed by atoms with E-state index >= 15 is 0 Å². The molecule has 2 aromatic carbocycles. The number of nitrogens with zero attached hydrogens (tertiary/aromatic N) is 9. The van der Waals surface area contributed by atoms with Gasteiger partial charge in [-0.2, -0.15) is 15.3 Å². The Bertz CT molecular complexity index is 3290. The van der Waals surface area contributed by atoms with E-state index < -0.39 is 0 Å². The minimum Gasteiger partial charge on any atom is -0.368 e. The van der Waals surface area contributed by atoms with Crippen LogP contribution in [0.25, 0.3) is 84.6 Å². The van der Waals surface area contributed by atoms with E-state index in [1.54, 1.807) is 12.4 Å². The predicted octanol–water partition coefficient (Wildman–Crippen LogP) is 8.02. The lowest BCUT2D eigenvalue weighted by Crippen LogP contribution is -2.44. The van der Waals surface area contributed by atoms with E-state index in [1.165, 1.54) is 17.3 Å². The van der Waals surface area contributed by atoms with Gasteiger partial charge in [-0.1, -0.05) is 50.6 Å². The Hall–Kier alpha value is -8.02. The topological polar surface area (TPSA) is 167 Å². The summed E-state index contributed by atoms with van der Waals surface area (Å²) in [6, 6.07) is 18.9. The maximum atomic E-state index is 5.30. The number of likely N-dealkylation sites (N-methyl/N-ethyl adjacent to an activating group) is 1. The Labute approximate surface area is 371 Å². The Morgan fingerprint density at radius 2 is 1.55 bits per heavy atom. The van der Waals surface area contributed by atoms with Crippen LogP contribution in [0.4, 0.5) is 5.69 Å². The van der Waals surface area contributed by atoms with Crippen molar-refractivity contribution in [3.63, 3.8) is 0 Å². The van der Waals surface area contributed by atoms with Gasteiger partial charge in [-0.3, -0.25) is 20.3 Å². The summed E-state index contributed by atoms with van der Waals surface area (Å²) in [7, 11) is 2.18. The Morgan fingerprint density at radius 1 is 0.844 bits per heavy atom. The third kappa shape index (κ3) is 8.57. The number of benzene rings is 2. The number of hydrogen-bond donors (Lipinski definition) is 5. The van der Waals surface area contributed by atoms with Crippen molar-refractivity contribution >= 4 is 68.0 Å². The molecule has 0 bridgehead atoms. The standard InChI is InChI=1S/C24H27N7.C24H19N7.C2H6/c1-4-20-19(12-16(2)17-14-25-26-15-17)24(29-28-20)22-13-18-21(27-22)6-5-7-23(18)31-10-8-30(3)9-11-31;1-4-9-25-18(5-2)20-11-17-22(12-26-20)29-30-24(17)21-10-16-19(28-21)7-6-8-23(16)31-13-15(3)27-14-31;1-2/h4-7,12-15,27-28H,2,8-11H2,1,3H3,(H,25,26);1,5-14,28H,2-3H3,(H,29,30);1-2H3/b19-12+,20-4+;18-5-,25-9?;. The molecule has 1 aliphatic heterocycles. The first-order chi connectivity index (χ1) is 31.3. The van der Waals surface area contributed by atoms with Crippen LogP contribution in [0.2, 0.25) is 0 Å². The summed E-state index contributed by atoms with van der Waals surface area (Å²) in [5.41, 5.74) is 13.2. The molecular formula is C50H52N14. The van der Waals surface area contributed by atoms with Crippen LogP contribution in [-0.2, 0) is 0 Å². The highest BCUT2D eigenvalue weighted by Gasteiger charge is 2.19. The zero-order chi connectivity index (χ0) is 44.7. The number of terminal acetylenes is 1. The highest BCUT2D eigenvalue weighted by Crippen LogP contribution is 2.33. The van der Waals surface area contributed by atoms with Crippen LogP contribution in [0, 0.1) is 19.3 Å². The van der Waals surface area contributed by atoms with E-state index in [4.69, 9.17) is 6.42 Å². The number of aromatic amines is 5. The molecule has 14 nitrogen and oxygen atoms in total. The normalized spacial score (nSPS) is 14.0. The lowest BCUT2D eigenvalue weighted by Gasteiger charge is -2.34. The average molecular weight is 849 g/mol. The lowest BCUT2D eigenvalue weighted by molar-refractivity contribution is 0.313. The summed E-state index contributed by atoms with van der Waals surface area (Å²) in [6.45, 7) is 18.3. The summed E-state index contributed by atoms with van der Waals surface area (Å²) in [6.07, 6.45) is 21.9. The molecule has 0 spiro atoms. The van der Waals surface area contributed by atoms with Crippen molar-refractivity contribution in [3.05, 3.63) is 126 Å². The molecule has 10 rings (SSSR count). The fourth-order valence-corrected chi connectivity index (χ4v) is 7.91. The van der Waals surface area contributed by atoms with Crippen molar-refractivity contribution < 1.29 is 0 Å². The summed E-state index contributed by atoms with van der Waals surface area (Å²) in [4.78, 5) is 25.1. The van der Waals surface area contributed by atoms with Gasteiger partial charge in [-0.25, -0.2) is 9.98 Å². The van der Waals surface area contributed by atoms with Gasteiger partial charge >= 0.3 is 0 Å². The van der Waals surface area contributed by atoms with Gasteiger partial charge in [-0.05, 0) is 81.9 Å². The molecule has 5 N–H and O–H groups in total. The smallest absolute Gasteiger partial charge is 0.116 e. The molecule has 7 aromatic heterocycles. The number of H-pyrrole nitrogens is 5. The summed E-state index contributed by atoms with van der Waals surface area (Å²) >= 11 is 0. The first-order valence-electron chi connectivity index (χ1n) is 21.4. The summed E-state index contributed by atoms with van der Waals surface area (Å²) < 4.78 is 2.03. The van der Waals surface area contributed by atoms with E-state index in [9.17, 15) is 0 Å². The van der Waals surface area contributed by atoms with Crippen molar-refractivity contribution in [2.75, 3.05) is 38.1 Å². The molecule has 0 aliphatic carbocycles. The molecule has 0 saturated carbocycles. The minimum absolute atomic E-state index is 0.710. The Morgan fingerprint density at radius 3 is 2.20 bits per heavy atom. The number of piperazine rings is 1. The zero-order valence-corrected chi connectivity index (χ0v) is 37.0. The number of fused-ring (bicyclic) bond motifs is 3. The van der Waals surface area contributed by atoms with E-state index in [1.807, 2.05) is 82.2 Å². The summed E-state index contributed by atoms with van der Waals surface area (Å²) in [5, 5.41) is 27.6. The van der Waals surface area contributed by atoms with Crippen molar-refractivity contribution in [1.29, 1.82) is 0 Å². The van der Waals surface area contributed by atoms with Gasteiger partial charge in [0.1, 0.15) is 11.4 Å². The number of nitrogens with one attached hydrogen (secondary N) is 5. The van der Waals surface area contributed by atoms with Gasteiger partial charge in [0.2, 0.25) is 0 Å². The Kier molecular flexibility index (Phi) is 12.6. The number of aromatic nitrogens is 11. The van der Waals surface area contributed by atoms with Crippen molar-refractivity contribution in [1.82, 2.24) is 60.0 Å².